The van der Waals surface area contributed by atoms with Gasteiger partial charge in [0.25, 0.3) is 0 Å². The number of hydrogen-bond donors (Lipinski definition) is 0. The van der Waals surface area contributed by atoms with Crippen molar-refractivity contribution < 1.29 is 0 Å². The first kappa shape index (κ1) is 38.9. The average molecular weight is 844 g/mol. The van der Waals surface area contributed by atoms with Crippen molar-refractivity contribution in [2.45, 2.75) is 26.2 Å². The molecule has 0 aliphatic carbocycles. The topological polar surface area (TPSA) is 70.3 Å². The summed E-state index contributed by atoms with van der Waals surface area (Å²) in [6.45, 7) is 6.94. The van der Waals surface area contributed by atoms with Crippen molar-refractivity contribution in [3.63, 3.8) is 0 Å². The van der Waals surface area contributed by atoms with E-state index in [1.54, 1.807) is 0 Å². The van der Waals surface area contributed by atoms with E-state index in [0.717, 1.165) is 88.4 Å². The standard InChI is InChI=1S/C61H41N5/c1-61(2,3)60-48-23-19-40(42-20-26-57-51(31-42)49-29-38(35-62)16-24-55(49)65(57)45-12-6-4-7-13-45)33-53(48)59(44-11-10-28-64-37-44)47-22-18-41(34-54(47)60)43-21-27-58-52(32-43)50-30-39(36-63)17-25-56(50)66(58)46-14-8-5-9-15-46/h4-34,37H,1-3H3. The van der Waals surface area contributed by atoms with E-state index in [1.807, 2.05) is 54.9 Å². The van der Waals surface area contributed by atoms with Gasteiger partial charge in [0.05, 0.1) is 45.3 Å². The van der Waals surface area contributed by atoms with Crippen LogP contribution in [0.2, 0.25) is 0 Å². The van der Waals surface area contributed by atoms with Crippen LogP contribution in [0.3, 0.4) is 0 Å². The molecule has 3 aromatic heterocycles. The van der Waals surface area contributed by atoms with Crippen molar-refractivity contribution in [3.8, 4) is 56.9 Å². The Morgan fingerprint density at radius 1 is 0.394 bits per heavy atom. The zero-order valence-electron chi connectivity index (χ0n) is 36.7. The second-order valence-electron chi connectivity index (χ2n) is 18.3. The largest absolute Gasteiger partial charge is 0.309 e. The van der Waals surface area contributed by atoms with E-state index in [2.05, 4.69) is 187 Å². The first-order valence-corrected chi connectivity index (χ1v) is 22.3. The summed E-state index contributed by atoms with van der Waals surface area (Å²) >= 11 is 0. The lowest BCUT2D eigenvalue weighted by Crippen LogP contribution is -2.13. The maximum absolute atomic E-state index is 9.93. The van der Waals surface area contributed by atoms with E-state index < -0.39 is 0 Å². The highest BCUT2D eigenvalue weighted by Crippen LogP contribution is 2.47. The average Bonchev–Trinajstić information content (AvgIpc) is 3.86. The monoisotopic (exact) mass is 843 g/mol. The second-order valence-corrected chi connectivity index (χ2v) is 18.3. The Kier molecular flexibility index (Phi) is 8.79. The van der Waals surface area contributed by atoms with E-state index in [1.165, 1.54) is 27.1 Å². The molecule has 5 heteroatoms. The van der Waals surface area contributed by atoms with Gasteiger partial charge in [-0.3, -0.25) is 4.98 Å². The van der Waals surface area contributed by atoms with Crippen molar-refractivity contribution in [3.05, 3.63) is 211 Å². The number of fused-ring (bicyclic) bond motifs is 8. The number of rotatable bonds is 5. The van der Waals surface area contributed by atoms with Gasteiger partial charge < -0.3 is 9.13 Å². The molecule has 3 heterocycles. The van der Waals surface area contributed by atoms with E-state index in [-0.39, 0.29) is 5.41 Å². The lowest BCUT2D eigenvalue weighted by Gasteiger charge is -2.27. The van der Waals surface area contributed by atoms with Gasteiger partial charge in [0.15, 0.2) is 0 Å². The van der Waals surface area contributed by atoms with E-state index in [9.17, 15) is 10.5 Å². The predicted octanol–water partition coefficient (Wildman–Crippen LogP) is 15.6. The molecule has 0 saturated heterocycles. The van der Waals surface area contributed by atoms with Gasteiger partial charge in [0, 0.05) is 50.9 Å². The first-order chi connectivity index (χ1) is 32.3. The Morgan fingerprint density at radius 3 is 1.30 bits per heavy atom. The number of hydrogen-bond acceptors (Lipinski definition) is 3. The van der Waals surface area contributed by atoms with Gasteiger partial charge in [-0.15, -0.1) is 0 Å². The van der Waals surface area contributed by atoms with Crippen molar-refractivity contribution >= 4 is 65.2 Å². The smallest absolute Gasteiger partial charge is 0.0991 e. The second kappa shape index (κ2) is 14.9. The van der Waals surface area contributed by atoms with Gasteiger partial charge in [-0.25, -0.2) is 0 Å². The van der Waals surface area contributed by atoms with Crippen LogP contribution in [0.1, 0.15) is 37.5 Å². The van der Waals surface area contributed by atoms with Crippen LogP contribution in [0.4, 0.5) is 0 Å². The Hall–Kier alpha value is -8.77. The minimum absolute atomic E-state index is 0.207. The van der Waals surface area contributed by atoms with Gasteiger partial charge in [-0.2, -0.15) is 10.5 Å². The Bertz CT molecular complexity index is 4030. The SMILES string of the molecule is CC(C)(C)c1c2ccc(-c3ccc4c(c3)c3cc(C#N)ccc3n4-c3ccccc3)cc2c(-c2cccnc2)c2ccc(-c3ccc4c(c3)c3cc(C#N)ccc3n4-c3ccccc3)cc12. The van der Waals surface area contributed by atoms with Crippen LogP contribution in [0, 0.1) is 22.7 Å². The summed E-state index contributed by atoms with van der Waals surface area (Å²) in [7, 11) is 0. The summed E-state index contributed by atoms with van der Waals surface area (Å²) in [5, 5.41) is 28.9. The predicted molar refractivity (Wildman–Crippen MR) is 272 cm³/mol. The molecule has 12 aromatic rings. The molecular formula is C61H41N5. The number of benzene rings is 9. The fourth-order valence-electron chi connectivity index (χ4n) is 10.5. The summed E-state index contributed by atoms with van der Waals surface area (Å²) in [4.78, 5) is 4.64. The van der Waals surface area contributed by atoms with E-state index in [4.69, 9.17) is 0 Å². The third kappa shape index (κ3) is 6.10. The summed E-state index contributed by atoms with van der Waals surface area (Å²) in [5.41, 5.74) is 15.5. The molecule has 5 nitrogen and oxygen atoms in total. The molecule has 0 aliphatic rings. The zero-order chi connectivity index (χ0) is 44.7. The maximum atomic E-state index is 9.93. The van der Waals surface area contributed by atoms with Crippen LogP contribution >= 0.6 is 0 Å². The van der Waals surface area contributed by atoms with Gasteiger partial charge in [0.2, 0.25) is 0 Å². The molecule has 12 rings (SSSR count). The molecule has 0 unspecified atom stereocenters. The summed E-state index contributed by atoms with van der Waals surface area (Å²) in [6, 6.07) is 69.1. The molecule has 0 spiro atoms. The summed E-state index contributed by atoms with van der Waals surface area (Å²) in [6.07, 6.45) is 3.82. The van der Waals surface area contributed by atoms with Crippen molar-refractivity contribution in [1.29, 1.82) is 10.5 Å². The highest BCUT2D eigenvalue weighted by Gasteiger charge is 2.25. The van der Waals surface area contributed by atoms with Gasteiger partial charge in [-0.05, 0) is 163 Å². The minimum atomic E-state index is -0.207. The Labute approximate surface area is 382 Å². The number of aromatic nitrogens is 3. The molecule has 0 saturated carbocycles. The van der Waals surface area contributed by atoms with Crippen LogP contribution in [0.5, 0.6) is 0 Å². The fraction of sp³-hybridized carbons (Fsp3) is 0.0656. The Balaban J connectivity index is 1.08. The number of nitriles is 2. The molecule has 0 amide bonds. The molecule has 66 heavy (non-hydrogen) atoms. The molecule has 0 atom stereocenters. The molecule has 0 bridgehead atoms. The van der Waals surface area contributed by atoms with Crippen molar-refractivity contribution in [2.24, 2.45) is 0 Å². The summed E-state index contributed by atoms with van der Waals surface area (Å²) < 4.78 is 4.58. The lowest BCUT2D eigenvalue weighted by atomic mass is 9.77. The maximum Gasteiger partial charge on any atom is 0.0991 e. The molecule has 310 valence electrons. The molecule has 0 aliphatic heterocycles. The molecule has 0 fully saturated rings. The van der Waals surface area contributed by atoms with Gasteiger partial charge in [-0.1, -0.05) is 99.6 Å². The Morgan fingerprint density at radius 2 is 0.833 bits per heavy atom. The molecule has 0 radical (unpaired) electrons. The third-order valence-electron chi connectivity index (χ3n) is 13.3. The van der Waals surface area contributed by atoms with Gasteiger partial charge >= 0.3 is 0 Å². The number of nitrogens with zero attached hydrogens (tertiary/aromatic N) is 5. The summed E-state index contributed by atoms with van der Waals surface area (Å²) in [5.74, 6) is 0. The normalized spacial score (nSPS) is 11.8. The van der Waals surface area contributed by atoms with Crippen molar-refractivity contribution in [2.75, 3.05) is 0 Å². The molecular weight excluding hydrogens is 803 g/mol. The van der Waals surface area contributed by atoms with Crippen LogP contribution in [0.25, 0.3) is 110 Å². The first-order valence-electron chi connectivity index (χ1n) is 22.3. The molecule has 9 aromatic carbocycles. The van der Waals surface area contributed by atoms with Crippen LogP contribution in [-0.4, -0.2) is 14.1 Å². The quantitative estimate of drug-likeness (QED) is 0.162. The van der Waals surface area contributed by atoms with Crippen molar-refractivity contribution in [1.82, 2.24) is 14.1 Å². The van der Waals surface area contributed by atoms with E-state index >= 15 is 0 Å². The molecule has 0 N–H and O–H groups in total. The number of pyridine rings is 1. The van der Waals surface area contributed by atoms with Crippen LogP contribution in [0.15, 0.2) is 194 Å². The minimum Gasteiger partial charge on any atom is -0.309 e. The van der Waals surface area contributed by atoms with Crippen LogP contribution < -0.4 is 0 Å². The lowest BCUT2D eigenvalue weighted by molar-refractivity contribution is 0.601. The van der Waals surface area contributed by atoms with Crippen LogP contribution in [-0.2, 0) is 5.41 Å². The van der Waals surface area contributed by atoms with Gasteiger partial charge in [0.1, 0.15) is 0 Å². The highest BCUT2D eigenvalue weighted by molar-refractivity contribution is 6.18. The third-order valence-corrected chi connectivity index (χ3v) is 13.3. The highest BCUT2D eigenvalue weighted by atomic mass is 15.0. The fourth-order valence-corrected chi connectivity index (χ4v) is 10.5. The number of para-hydroxylation sites is 2. The van der Waals surface area contributed by atoms with E-state index in [0.29, 0.717) is 11.1 Å². The zero-order valence-corrected chi connectivity index (χ0v) is 36.7.